The summed E-state index contributed by atoms with van der Waals surface area (Å²) in [5, 5.41) is 19.2. The molecule has 0 aliphatic carbocycles. The Hall–Kier alpha value is -2.65. The van der Waals surface area contributed by atoms with Crippen LogP contribution in [0.25, 0.3) is 5.69 Å². The van der Waals surface area contributed by atoms with Crippen LogP contribution in [0.2, 0.25) is 0 Å². The van der Waals surface area contributed by atoms with Crippen molar-refractivity contribution in [3.63, 3.8) is 0 Å². The number of carbonyl (C=O) groups is 1. The molecule has 21 heavy (non-hydrogen) atoms. The first-order valence-electron chi connectivity index (χ1n) is 6.71. The fourth-order valence-corrected chi connectivity index (χ4v) is 1.96. The number of carbonyl (C=O) groups excluding carboxylic acids is 1. The smallest absolute Gasteiger partial charge is 0.271 e. The van der Waals surface area contributed by atoms with Crippen molar-refractivity contribution >= 4 is 5.91 Å². The van der Waals surface area contributed by atoms with Crippen molar-refractivity contribution in [1.29, 1.82) is 5.26 Å². The van der Waals surface area contributed by atoms with E-state index in [1.807, 2.05) is 25.1 Å². The van der Waals surface area contributed by atoms with Crippen LogP contribution >= 0.6 is 0 Å². The maximum atomic E-state index is 11.5. The molecule has 2 N–H and O–H groups in total. The van der Waals surface area contributed by atoms with E-state index in [4.69, 9.17) is 0 Å². The molecule has 6 nitrogen and oxygen atoms in total. The Bertz CT molecular complexity index is 684. The lowest BCUT2D eigenvalue weighted by molar-refractivity contribution is 0.0957. The van der Waals surface area contributed by atoms with Crippen molar-refractivity contribution < 1.29 is 4.79 Å². The summed E-state index contributed by atoms with van der Waals surface area (Å²) < 4.78 is 1.54. The van der Waals surface area contributed by atoms with Crippen LogP contribution in [-0.2, 0) is 6.54 Å². The molecule has 1 aromatic carbocycles. The van der Waals surface area contributed by atoms with Crippen molar-refractivity contribution in [3.8, 4) is 11.8 Å². The monoisotopic (exact) mass is 283 g/mol. The van der Waals surface area contributed by atoms with E-state index in [0.29, 0.717) is 23.5 Å². The second-order valence-corrected chi connectivity index (χ2v) is 4.47. The lowest BCUT2D eigenvalue weighted by atomic mass is 10.1. The average molecular weight is 283 g/mol. The van der Waals surface area contributed by atoms with Gasteiger partial charge in [0.2, 0.25) is 0 Å². The van der Waals surface area contributed by atoms with Gasteiger partial charge in [-0.05, 0) is 30.3 Å². The van der Waals surface area contributed by atoms with Crippen molar-refractivity contribution in [1.82, 2.24) is 20.4 Å². The minimum absolute atomic E-state index is 0.254. The Morgan fingerprint density at radius 3 is 2.90 bits per heavy atom. The molecule has 0 fully saturated rings. The molecule has 0 unspecified atom stereocenters. The minimum atomic E-state index is -0.254. The van der Waals surface area contributed by atoms with Crippen molar-refractivity contribution in [2.24, 2.45) is 0 Å². The molecule has 0 aliphatic heterocycles. The zero-order valence-corrected chi connectivity index (χ0v) is 12.1. The number of aromatic nitrogens is 2. The summed E-state index contributed by atoms with van der Waals surface area (Å²) in [7, 11) is 1.55. The molecule has 0 radical (unpaired) electrons. The van der Waals surface area contributed by atoms with Gasteiger partial charge in [-0.25, -0.2) is 4.68 Å². The molecule has 0 saturated carbocycles. The van der Waals surface area contributed by atoms with E-state index in [1.165, 1.54) is 0 Å². The maximum absolute atomic E-state index is 11.5. The lowest BCUT2D eigenvalue weighted by Crippen LogP contribution is -2.18. The highest BCUT2D eigenvalue weighted by Gasteiger charge is 2.11. The predicted octanol–water partition coefficient (Wildman–Crippen LogP) is 1.21. The molecule has 2 aromatic rings. The molecule has 0 atom stereocenters. The molecule has 0 saturated heterocycles. The van der Waals surface area contributed by atoms with E-state index in [0.717, 1.165) is 12.1 Å². The van der Waals surface area contributed by atoms with E-state index in [2.05, 4.69) is 21.8 Å². The van der Waals surface area contributed by atoms with Gasteiger partial charge in [0.15, 0.2) is 5.69 Å². The van der Waals surface area contributed by atoms with Gasteiger partial charge in [0, 0.05) is 19.8 Å². The van der Waals surface area contributed by atoms with Crippen LogP contribution in [0.15, 0.2) is 30.5 Å². The van der Waals surface area contributed by atoms with Gasteiger partial charge in [-0.3, -0.25) is 4.79 Å². The fourth-order valence-electron chi connectivity index (χ4n) is 1.96. The number of nitrogens with one attached hydrogen (secondary N) is 2. The number of benzene rings is 1. The Morgan fingerprint density at radius 2 is 2.24 bits per heavy atom. The third-order valence-corrected chi connectivity index (χ3v) is 3.06. The molecule has 1 heterocycles. The third kappa shape index (κ3) is 3.27. The molecule has 1 amide bonds. The Labute approximate surface area is 123 Å². The van der Waals surface area contributed by atoms with Crippen LogP contribution in [0.1, 0.15) is 28.5 Å². The van der Waals surface area contributed by atoms with Crippen molar-refractivity contribution in [2.45, 2.75) is 13.5 Å². The second-order valence-electron chi connectivity index (χ2n) is 4.47. The van der Waals surface area contributed by atoms with Gasteiger partial charge >= 0.3 is 0 Å². The fraction of sp³-hybridized carbons (Fsp3) is 0.267. The molecule has 0 bridgehead atoms. The van der Waals surface area contributed by atoms with E-state index in [1.54, 1.807) is 24.0 Å². The Balaban J connectivity index is 2.33. The first kappa shape index (κ1) is 14.8. The number of amides is 1. The molecule has 108 valence electrons. The highest BCUT2D eigenvalue weighted by atomic mass is 16.1. The summed E-state index contributed by atoms with van der Waals surface area (Å²) in [6, 6.07) is 9.41. The van der Waals surface area contributed by atoms with Crippen molar-refractivity contribution in [3.05, 3.63) is 47.3 Å². The largest absolute Gasteiger partial charge is 0.354 e. The molecular weight excluding hydrogens is 266 g/mol. The number of hydrogen-bond donors (Lipinski definition) is 2. The number of hydrogen-bond acceptors (Lipinski definition) is 4. The van der Waals surface area contributed by atoms with Crippen molar-refractivity contribution in [2.75, 3.05) is 13.6 Å². The highest BCUT2D eigenvalue weighted by molar-refractivity contribution is 5.91. The Kier molecular flexibility index (Phi) is 4.69. The summed E-state index contributed by atoms with van der Waals surface area (Å²) in [5.74, 6) is -0.254. The van der Waals surface area contributed by atoms with Gasteiger partial charge in [0.25, 0.3) is 5.91 Å². The molecule has 0 spiro atoms. The van der Waals surface area contributed by atoms with Crippen LogP contribution in [0.4, 0.5) is 0 Å². The molecular formula is C15H17N5O. The molecule has 1 aromatic heterocycles. The highest BCUT2D eigenvalue weighted by Crippen LogP contribution is 2.16. The zero-order chi connectivity index (χ0) is 15.2. The van der Waals surface area contributed by atoms with Gasteiger partial charge in [-0.15, -0.1) is 0 Å². The standard InChI is InChI=1S/C15H17N5O/c1-3-18-10-11-4-5-14(12(8-11)9-16)20-7-6-13(19-20)15(21)17-2/h4-8,18H,3,10H2,1-2H3,(H,17,21). The third-order valence-electron chi connectivity index (χ3n) is 3.06. The summed E-state index contributed by atoms with van der Waals surface area (Å²) in [5.41, 5.74) is 2.54. The topological polar surface area (TPSA) is 82.7 Å². The van der Waals surface area contributed by atoms with Gasteiger partial charge in [0.1, 0.15) is 6.07 Å². The zero-order valence-electron chi connectivity index (χ0n) is 12.1. The summed E-state index contributed by atoms with van der Waals surface area (Å²) >= 11 is 0. The average Bonchev–Trinajstić information content (AvgIpc) is 3.01. The van der Waals surface area contributed by atoms with Crippen LogP contribution < -0.4 is 10.6 Å². The summed E-state index contributed by atoms with van der Waals surface area (Å²) in [6.07, 6.45) is 1.67. The number of nitriles is 1. The maximum Gasteiger partial charge on any atom is 0.271 e. The van der Waals surface area contributed by atoms with Gasteiger partial charge in [-0.2, -0.15) is 10.4 Å². The van der Waals surface area contributed by atoms with E-state index < -0.39 is 0 Å². The van der Waals surface area contributed by atoms with E-state index in [-0.39, 0.29) is 5.91 Å². The van der Waals surface area contributed by atoms with Crippen LogP contribution in [0.5, 0.6) is 0 Å². The lowest BCUT2D eigenvalue weighted by Gasteiger charge is -2.07. The van der Waals surface area contributed by atoms with Gasteiger partial charge < -0.3 is 10.6 Å². The summed E-state index contributed by atoms with van der Waals surface area (Å²) in [6.45, 7) is 3.62. The first-order valence-corrected chi connectivity index (χ1v) is 6.71. The number of nitrogens with zero attached hydrogens (tertiary/aromatic N) is 3. The van der Waals surface area contributed by atoms with E-state index >= 15 is 0 Å². The predicted molar refractivity (Wildman–Crippen MR) is 79.0 cm³/mol. The quantitative estimate of drug-likeness (QED) is 0.864. The first-order chi connectivity index (χ1) is 10.2. The van der Waals surface area contributed by atoms with Crippen LogP contribution in [0.3, 0.4) is 0 Å². The molecule has 0 aliphatic rings. The SMILES string of the molecule is CCNCc1ccc(-n2ccc(C(=O)NC)n2)c(C#N)c1. The minimum Gasteiger partial charge on any atom is -0.354 e. The Morgan fingerprint density at radius 1 is 1.43 bits per heavy atom. The van der Waals surface area contributed by atoms with Gasteiger partial charge in [0.05, 0.1) is 11.3 Å². The normalized spacial score (nSPS) is 10.1. The van der Waals surface area contributed by atoms with Crippen LogP contribution in [0, 0.1) is 11.3 Å². The van der Waals surface area contributed by atoms with Crippen LogP contribution in [-0.4, -0.2) is 29.3 Å². The number of rotatable bonds is 5. The van der Waals surface area contributed by atoms with Gasteiger partial charge in [-0.1, -0.05) is 13.0 Å². The molecule has 2 rings (SSSR count). The summed E-state index contributed by atoms with van der Waals surface area (Å²) in [4.78, 5) is 11.5. The second kappa shape index (κ2) is 6.68. The van der Waals surface area contributed by atoms with E-state index in [9.17, 15) is 10.1 Å². The molecule has 6 heteroatoms.